The molecule has 4 aromatic rings. The molecule has 0 aliphatic heterocycles. The minimum absolute atomic E-state index is 0.724. The maximum Gasteiger partial charge on any atom is 0.205 e. The number of benzene rings is 2. The number of aryl methyl sites for hydroxylation is 1. The molecule has 2 aromatic heterocycles. The summed E-state index contributed by atoms with van der Waals surface area (Å²) in [4.78, 5) is 10.1. The van der Waals surface area contributed by atoms with Crippen LogP contribution in [0, 0.1) is 0 Å². The zero-order valence-corrected chi connectivity index (χ0v) is 13.6. The fraction of sp³-hybridized carbons (Fsp3) is 0.158. The van der Waals surface area contributed by atoms with Gasteiger partial charge in [0.25, 0.3) is 0 Å². The van der Waals surface area contributed by atoms with Gasteiger partial charge in [-0.05, 0) is 48.4 Å². The van der Waals surface area contributed by atoms with E-state index in [0.29, 0.717) is 0 Å². The third-order valence-electron chi connectivity index (χ3n) is 3.84. The van der Waals surface area contributed by atoms with Crippen LogP contribution in [0.2, 0.25) is 0 Å². The fourth-order valence-electron chi connectivity index (χ4n) is 2.59. The molecule has 0 N–H and O–H groups in total. The van der Waals surface area contributed by atoms with Crippen LogP contribution in [0.4, 0.5) is 0 Å². The minimum Gasteiger partial charge on any atom is -0.440 e. The van der Waals surface area contributed by atoms with Crippen molar-refractivity contribution in [1.82, 2.24) is 9.97 Å². The van der Waals surface area contributed by atoms with E-state index in [1.54, 1.807) is 11.8 Å². The van der Waals surface area contributed by atoms with Crippen LogP contribution in [0.25, 0.3) is 22.0 Å². The normalized spacial score (nSPS) is 11.3. The van der Waals surface area contributed by atoms with E-state index in [-0.39, 0.29) is 0 Å². The highest BCUT2D eigenvalue weighted by molar-refractivity contribution is 7.98. The van der Waals surface area contributed by atoms with Crippen LogP contribution >= 0.6 is 11.8 Å². The Hall–Kier alpha value is -2.33. The third kappa shape index (κ3) is 2.94. The highest BCUT2D eigenvalue weighted by Crippen LogP contribution is 2.27. The SMILES string of the molecule is CCc1ccc2nc(CSc3ccc4ncccc4c3)oc2c1. The first kappa shape index (κ1) is 14.3. The Kier molecular flexibility index (Phi) is 3.75. The average molecular weight is 320 g/mol. The molecule has 0 unspecified atom stereocenters. The second-order valence-corrected chi connectivity index (χ2v) is 6.46. The van der Waals surface area contributed by atoms with Crippen molar-refractivity contribution in [2.45, 2.75) is 24.0 Å². The maximum absolute atomic E-state index is 5.88. The summed E-state index contributed by atoms with van der Waals surface area (Å²) in [6, 6.07) is 16.6. The predicted octanol–water partition coefficient (Wildman–Crippen LogP) is 5.23. The van der Waals surface area contributed by atoms with Gasteiger partial charge < -0.3 is 4.42 Å². The van der Waals surface area contributed by atoms with E-state index < -0.39 is 0 Å². The van der Waals surface area contributed by atoms with Crippen molar-refractivity contribution < 1.29 is 4.42 Å². The Bertz CT molecular complexity index is 977. The van der Waals surface area contributed by atoms with Crippen molar-refractivity contribution in [3.05, 3.63) is 66.2 Å². The van der Waals surface area contributed by atoms with Crippen LogP contribution in [-0.4, -0.2) is 9.97 Å². The molecular formula is C19H16N2OS. The summed E-state index contributed by atoms with van der Waals surface area (Å²) in [5, 5.41) is 1.16. The Morgan fingerprint density at radius 2 is 1.96 bits per heavy atom. The van der Waals surface area contributed by atoms with E-state index in [0.717, 1.165) is 40.1 Å². The Balaban J connectivity index is 1.55. The Morgan fingerprint density at radius 3 is 2.87 bits per heavy atom. The lowest BCUT2D eigenvalue weighted by Crippen LogP contribution is -1.81. The number of pyridine rings is 1. The van der Waals surface area contributed by atoms with E-state index in [4.69, 9.17) is 4.42 Å². The van der Waals surface area contributed by atoms with Gasteiger partial charge in [-0.2, -0.15) is 0 Å². The molecule has 2 heterocycles. The topological polar surface area (TPSA) is 38.9 Å². The van der Waals surface area contributed by atoms with Crippen molar-refractivity contribution in [3.63, 3.8) is 0 Å². The highest BCUT2D eigenvalue weighted by atomic mass is 32.2. The molecule has 0 bridgehead atoms. The number of hydrogen-bond donors (Lipinski definition) is 0. The van der Waals surface area contributed by atoms with Gasteiger partial charge in [0.15, 0.2) is 5.58 Å². The van der Waals surface area contributed by atoms with Crippen LogP contribution in [0.5, 0.6) is 0 Å². The molecule has 0 saturated heterocycles. The number of fused-ring (bicyclic) bond motifs is 2. The van der Waals surface area contributed by atoms with Crippen molar-refractivity contribution in [1.29, 1.82) is 0 Å². The number of hydrogen-bond acceptors (Lipinski definition) is 4. The number of oxazole rings is 1. The average Bonchev–Trinajstić information content (AvgIpc) is 3.01. The summed E-state index contributed by atoms with van der Waals surface area (Å²) in [5.74, 6) is 1.49. The molecule has 23 heavy (non-hydrogen) atoms. The molecule has 3 nitrogen and oxygen atoms in total. The first-order valence-electron chi connectivity index (χ1n) is 7.68. The smallest absolute Gasteiger partial charge is 0.205 e. The largest absolute Gasteiger partial charge is 0.440 e. The molecule has 0 fully saturated rings. The summed E-state index contributed by atoms with van der Waals surface area (Å²) in [6.45, 7) is 2.14. The fourth-order valence-corrected chi connectivity index (χ4v) is 3.38. The lowest BCUT2D eigenvalue weighted by molar-refractivity contribution is 0.556. The molecule has 0 spiro atoms. The van der Waals surface area contributed by atoms with Crippen molar-refractivity contribution >= 4 is 33.8 Å². The standard InChI is InChI=1S/C19H16N2OS/c1-2-13-5-7-17-18(10-13)22-19(21-17)12-23-15-6-8-16-14(11-15)4-3-9-20-16/h3-11H,2,12H2,1H3. The molecule has 0 aliphatic carbocycles. The van der Waals surface area contributed by atoms with E-state index in [2.05, 4.69) is 53.3 Å². The molecule has 0 aliphatic rings. The first-order valence-corrected chi connectivity index (χ1v) is 8.66. The van der Waals surface area contributed by atoms with Gasteiger partial charge in [0.05, 0.1) is 11.3 Å². The molecule has 4 heteroatoms. The lowest BCUT2D eigenvalue weighted by atomic mass is 10.1. The number of thioether (sulfide) groups is 1. The third-order valence-corrected chi connectivity index (χ3v) is 4.82. The van der Waals surface area contributed by atoms with Crippen LogP contribution in [-0.2, 0) is 12.2 Å². The Morgan fingerprint density at radius 1 is 1.04 bits per heavy atom. The van der Waals surface area contributed by atoms with Gasteiger partial charge in [0.1, 0.15) is 5.52 Å². The van der Waals surface area contributed by atoms with Gasteiger partial charge in [-0.3, -0.25) is 4.98 Å². The van der Waals surface area contributed by atoms with Crippen LogP contribution in [0.1, 0.15) is 18.4 Å². The zero-order chi connectivity index (χ0) is 15.6. The van der Waals surface area contributed by atoms with Gasteiger partial charge in [-0.1, -0.05) is 19.1 Å². The molecular weight excluding hydrogens is 304 g/mol. The molecule has 0 saturated carbocycles. The second-order valence-electron chi connectivity index (χ2n) is 5.41. The molecule has 4 rings (SSSR count). The molecule has 0 amide bonds. The Labute approximate surface area is 138 Å². The second kappa shape index (κ2) is 6.05. The zero-order valence-electron chi connectivity index (χ0n) is 12.8. The van der Waals surface area contributed by atoms with E-state index in [1.807, 2.05) is 18.3 Å². The van der Waals surface area contributed by atoms with Crippen LogP contribution < -0.4 is 0 Å². The highest BCUT2D eigenvalue weighted by Gasteiger charge is 2.07. The minimum atomic E-state index is 0.724. The first-order chi connectivity index (χ1) is 11.3. The number of aromatic nitrogens is 2. The van der Waals surface area contributed by atoms with E-state index in [9.17, 15) is 0 Å². The lowest BCUT2D eigenvalue weighted by Gasteiger charge is -2.01. The molecule has 0 atom stereocenters. The van der Waals surface area contributed by atoms with Gasteiger partial charge in [0.2, 0.25) is 5.89 Å². The molecule has 114 valence electrons. The van der Waals surface area contributed by atoms with Crippen LogP contribution in [0.3, 0.4) is 0 Å². The molecule has 2 aromatic carbocycles. The van der Waals surface area contributed by atoms with Crippen molar-refractivity contribution in [3.8, 4) is 0 Å². The number of nitrogens with zero attached hydrogens (tertiary/aromatic N) is 2. The quantitative estimate of drug-likeness (QED) is 0.483. The maximum atomic E-state index is 5.88. The van der Waals surface area contributed by atoms with Crippen molar-refractivity contribution in [2.75, 3.05) is 0 Å². The van der Waals surface area contributed by atoms with Gasteiger partial charge in [0, 0.05) is 16.5 Å². The summed E-state index contributed by atoms with van der Waals surface area (Å²) >= 11 is 1.73. The summed E-state index contributed by atoms with van der Waals surface area (Å²) < 4.78 is 5.88. The molecule has 0 radical (unpaired) electrons. The summed E-state index contributed by atoms with van der Waals surface area (Å²) in [7, 11) is 0. The number of rotatable bonds is 4. The monoisotopic (exact) mass is 320 g/mol. The van der Waals surface area contributed by atoms with E-state index >= 15 is 0 Å². The summed E-state index contributed by atoms with van der Waals surface area (Å²) in [6.07, 6.45) is 2.82. The van der Waals surface area contributed by atoms with Gasteiger partial charge in [-0.15, -0.1) is 11.8 Å². The van der Waals surface area contributed by atoms with E-state index in [1.165, 1.54) is 10.5 Å². The summed E-state index contributed by atoms with van der Waals surface area (Å²) in [5.41, 5.74) is 4.10. The predicted molar refractivity (Wildman–Crippen MR) is 94.7 cm³/mol. The van der Waals surface area contributed by atoms with Gasteiger partial charge in [-0.25, -0.2) is 4.98 Å². The van der Waals surface area contributed by atoms with Gasteiger partial charge >= 0.3 is 0 Å². The van der Waals surface area contributed by atoms with Crippen LogP contribution in [0.15, 0.2) is 64.0 Å². The van der Waals surface area contributed by atoms with Crippen molar-refractivity contribution in [2.24, 2.45) is 0 Å².